The van der Waals surface area contributed by atoms with Gasteiger partial charge in [-0.05, 0) is 37.5 Å². The molecule has 1 saturated heterocycles. The Balaban J connectivity index is 1.98. The van der Waals surface area contributed by atoms with Gasteiger partial charge >= 0.3 is 5.97 Å². The maximum Gasteiger partial charge on any atom is 0.334 e. The van der Waals surface area contributed by atoms with Crippen LogP contribution in [0.4, 0.5) is 0 Å². The lowest BCUT2D eigenvalue weighted by Crippen LogP contribution is -2.46. The summed E-state index contributed by atoms with van der Waals surface area (Å²) in [6.07, 6.45) is 5.82. The predicted molar refractivity (Wildman–Crippen MR) is 66.3 cm³/mol. The molecule has 92 valence electrons. The van der Waals surface area contributed by atoms with E-state index in [-0.39, 0.29) is 18.0 Å². The first-order valence-corrected chi connectivity index (χ1v) is 6.60. The van der Waals surface area contributed by atoms with Crippen LogP contribution in [0.1, 0.15) is 39.0 Å². The molecule has 3 aliphatic rings. The number of esters is 1. The van der Waals surface area contributed by atoms with Crippen molar-refractivity contribution >= 4 is 5.97 Å². The second-order valence-electron chi connectivity index (χ2n) is 6.18. The van der Waals surface area contributed by atoms with Crippen LogP contribution in [0.3, 0.4) is 0 Å². The standard InChI is InChI=1S/C15H20O2/c1-9-5-4-7-15(3)8-6-11-10(2)14(16)17-13(11)12(9)15/h11-13H,1-2,4-8H2,3H3/t11-,12+,13-,15-/m0/s1. The highest BCUT2D eigenvalue weighted by molar-refractivity contribution is 5.91. The average molecular weight is 232 g/mol. The van der Waals surface area contributed by atoms with Gasteiger partial charge in [-0.1, -0.05) is 25.7 Å². The van der Waals surface area contributed by atoms with Crippen molar-refractivity contribution in [1.82, 2.24) is 0 Å². The molecule has 0 unspecified atom stereocenters. The number of rotatable bonds is 0. The van der Waals surface area contributed by atoms with Crippen LogP contribution in [0.15, 0.2) is 24.3 Å². The Hall–Kier alpha value is -1.05. The molecule has 3 rings (SSSR count). The van der Waals surface area contributed by atoms with Gasteiger partial charge in [0.25, 0.3) is 0 Å². The second kappa shape index (κ2) is 3.47. The summed E-state index contributed by atoms with van der Waals surface area (Å²) in [6.45, 7) is 10.5. The van der Waals surface area contributed by atoms with Crippen LogP contribution in [0.25, 0.3) is 0 Å². The Morgan fingerprint density at radius 1 is 1.35 bits per heavy atom. The largest absolute Gasteiger partial charge is 0.458 e. The minimum atomic E-state index is -0.178. The zero-order chi connectivity index (χ0) is 12.2. The lowest BCUT2D eigenvalue weighted by molar-refractivity contribution is -0.145. The molecule has 17 heavy (non-hydrogen) atoms. The first kappa shape index (κ1) is 11.1. The monoisotopic (exact) mass is 232 g/mol. The summed E-state index contributed by atoms with van der Waals surface area (Å²) in [6, 6.07) is 0. The van der Waals surface area contributed by atoms with E-state index in [0.29, 0.717) is 16.9 Å². The van der Waals surface area contributed by atoms with Gasteiger partial charge in [-0.2, -0.15) is 0 Å². The Morgan fingerprint density at radius 2 is 2.12 bits per heavy atom. The third-order valence-corrected chi connectivity index (χ3v) is 5.14. The highest BCUT2D eigenvalue weighted by Crippen LogP contribution is 2.57. The first-order valence-electron chi connectivity index (χ1n) is 6.60. The van der Waals surface area contributed by atoms with Crippen LogP contribution < -0.4 is 0 Å². The van der Waals surface area contributed by atoms with E-state index in [4.69, 9.17) is 4.74 Å². The van der Waals surface area contributed by atoms with Crippen LogP contribution in [0.2, 0.25) is 0 Å². The molecular weight excluding hydrogens is 212 g/mol. The zero-order valence-corrected chi connectivity index (χ0v) is 10.5. The summed E-state index contributed by atoms with van der Waals surface area (Å²) in [5.41, 5.74) is 2.27. The zero-order valence-electron chi connectivity index (χ0n) is 10.5. The van der Waals surface area contributed by atoms with Gasteiger partial charge in [0.2, 0.25) is 0 Å². The minimum Gasteiger partial charge on any atom is -0.458 e. The van der Waals surface area contributed by atoms with Crippen LogP contribution in [-0.4, -0.2) is 12.1 Å². The van der Waals surface area contributed by atoms with Gasteiger partial charge in [-0.25, -0.2) is 4.79 Å². The number of carbonyl (C=O) groups is 1. The van der Waals surface area contributed by atoms with Gasteiger partial charge in [-0.15, -0.1) is 0 Å². The molecule has 0 amide bonds. The molecule has 2 nitrogen and oxygen atoms in total. The van der Waals surface area contributed by atoms with Crippen molar-refractivity contribution in [2.45, 2.75) is 45.1 Å². The predicted octanol–water partition coefficient (Wildman–Crippen LogP) is 3.24. The number of carbonyl (C=O) groups excluding carboxylic acids is 1. The number of hydrogen-bond donors (Lipinski definition) is 0. The highest BCUT2D eigenvalue weighted by atomic mass is 16.6. The fraction of sp³-hybridized carbons (Fsp3) is 0.667. The van der Waals surface area contributed by atoms with Crippen LogP contribution in [-0.2, 0) is 9.53 Å². The summed E-state index contributed by atoms with van der Waals surface area (Å²) < 4.78 is 5.58. The summed E-state index contributed by atoms with van der Waals surface area (Å²) in [7, 11) is 0. The van der Waals surface area contributed by atoms with Crippen molar-refractivity contribution in [2.24, 2.45) is 17.3 Å². The molecule has 2 saturated carbocycles. The first-order chi connectivity index (χ1) is 8.03. The molecule has 0 aromatic carbocycles. The van der Waals surface area contributed by atoms with E-state index in [1.165, 1.54) is 24.8 Å². The molecule has 2 aliphatic carbocycles. The van der Waals surface area contributed by atoms with Gasteiger partial charge in [0, 0.05) is 17.4 Å². The maximum atomic E-state index is 11.7. The van der Waals surface area contributed by atoms with Gasteiger partial charge < -0.3 is 4.74 Å². The highest BCUT2D eigenvalue weighted by Gasteiger charge is 2.54. The number of ether oxygens (including phenoxy) is 1. The van der Waals surface area contributed by atoms with Crippen molar-refractivity contribution in [3.8, 4) is 0 Å². The third-order valence-electron chi connectivity index (χ3n) is 5.14. The van der Waals surface area contributed by atoms with Gasteiger partial charge in [-0.3, -0.25) is 0 Å². The molecule has 0 bridgehead atoms. The number of fused-ring (bicyclic) bond motifs is 3. The van der Waals surface area contributed by atoms with Crippen molar-refractivity contribution in [1.29, 1.82) is 0 Å². The quantitative estimate of drug-likeness (QED) is 0.364. The fourth-order valence-corrected chi connectivity index (χ4v) is 4.19. The smallest absolute Gasteiger partial charge is 0.334 e. The van der Waals surface area contributed by atoms with Crippen molar-refractivity contribution in [3.63, 3.8) is 0 Å². The molecule has 1 heterocycles. The molecule has 1 aliphatic heterocycles. The van der Waals surface area contributed by atoms with Crippen molar-refractivity contribution in [3.05, 3.63) is 24.3 Å². The topological polar surface area (TPSA) is 26.3 Å². The lowest BCUT2D eigenvalue weighted by atomic mass is 9.55. The van der Waals surface area contributed by atoms with Gasteiger partial charge in [0.15, 0.2) is 0 Å². The Labute approximate surface area is 103 Å². The maximum absolute atomic E-state index is 11.7. The molecule has 0 N–H and O–H groups in total. The van der Waals surface area contributed by atoms with Crippen LogP contribution in [0, 0.1) is 17.3 Å². The Kier molecular flexibility index (Phi) is 2.26. The van der Waals surface area contributed by atoms with E-state index in [1.807, 2.05) is 0 Å². The Bertz CT molecular complexity index is 409. The molecule has 0 radical (unpaired) electrons. The average Bonchev–Trinajstić information content (AvgIpc) is 2.54. The van der Waals surface area contributed by atoms with Crippen LogP contribution in [0.5, 0.6) is 0 Å². The SMILES string of the molecule is C=C1CCC[C@@]2(C)CC[C@H]3C(=C)C(=O)O[C@@H]3[C@@H]12. The van der Waals surface area contributed by atoms with E-state index < -0.39 is 0 Å². The molecule has 2 heteroatoms. The van der Waals surface area contributed by atoms with E-state index in [9.17, 15) is 4.79 Å². The van der Waals surface area contributed by atoms with Gasteiger partial charge in [0.05, 0.1) is 0 Å². The summed E-state index contributed by atoms with van der Waals surface area (Å²) in [5, 5.41) is 0. The third kappa shape index (κ3) is 1.42. The fourth-order valence-electron chi connectivity index (χ4n) is 4.19. The molecular formula is C15H20O2. The van der Waals surface area contributed by atoms with Crippen molar-refractivity contribution < 1.29 is 9.53 Å². The summed E-state index contributed by atoms with van der Waals surface area (Å²) in [4.78, 5) is 11.7. The second-order valence-corrected chi connectivity index (χ2v) is 6.18. The van der Waals surface area contributed by atoms with E-state index in [2.05, 4.69) is 20.1 Å². The van der Waals surface area contributed by atoms with E-state index in [1.54, 1.807) is 0 Å². The molecule has 0 spiro atoms. The molecule has 0 aromatic rings. The Morgan fingerprint density at radius 3 is 2.88 bits per heavy atom. The van der Waals surface area contributed by atoms with E-state index in [0.717, 1.165) is 12.8 Å². The minimum absolute atomic E-state index is 0.0292. The molecule has 3 fully saturated rings. The molecule has 4 atom stereocenters. The van der Waals surface area contributed by atoms with Crippen LogP contribution >= 0.6 is 0 Å². The van der Waals surface area contributed by atoms with Gasteiger partial charge in [0.1, 0.15) is 6.10 Å². The summed E-state index contributed by atoms with van der Waals surface area (Å²) >= 11 is 0. The number of hydrogen-bond acceptors (Lipinski definition) is 2. The normalized spacial score (nSPS) is 45.2. The lowest BCUT2D eigenvalue weighted by Gasteiger charge is -2.50. The molecule has 0 aromatic heterocycles. The van der Waals surface area contributed by atoms with Crippen molar-refractivity contribution in [2.75, 3.05) is 0 Å². The summed E-state index contributed by atoms with van der Waals surface area (Å²) in [5.74, 6) is 0.427. The van der Waals surface area contributed by atoms with E-state index >= 15 is 0 Å².